The third kappa shape index (κ3) is 3.17. The molecule has 3 rings (SSSR count). The molecule has 2 N–H and O–H groups in total. The standard InChI is InChI=1S/C16H20N2S/c1-12-4-6-15(19-12)11-17-10-13-5-7-16-14(9-13)3-2-8-18-16/h4-7,9,17-18H,2-3,8,10-11H2,1H3. The van der Waals surface area contributed by atoms with Gasteiger partial charge < -0.3 is 10.6 Å². The first-order chi connectivity index (χ1) is 9.31. The number of rotatable bonds is 4. The predicted molar refractivity (Wildman–Crippen MR) is 82.9 cm³/mol. The Labute approximate surface area is 118 Å². The van der Waals surface area contributed by atoms with E-state index in [-0.39, 0.29) is 0 Å². The van der Waals surface area contributed by atoms with E-state index in [1.807, 2.05) is 11.3 Å². The van der Waals surface area contributed by atoms with Crippen molar-refractivity contribution in [3.8, 4) is 0 Å². The van der Waals surface area contributed by atoms with Crippen LogP contribution in [0.4, 0.5) is 5.69 Å². The predicted octanol–water partition coefficient (Wildman–Crippen LogP) is 3.70. The second-order valence-electron chi connectivity index (χ2n) is 5.14. The van der Waals surface area contributed by atoms with Gasteiger partial charge in [-0.2, -0.15) is 0 Å². The molecule has 100 valence electrons. The zero-order chi connectivity index (χ0) is 13.1. The van der Waals surface area contributed by atoms with E-state index in [2.05, 4.69) is 47.9 Å². The molecule has 0 radical (unpaired) electrons. The Hall–Kier alpha value is -1.32. The van der Waals surface area contributed by atoms with Crippen molar-refractivity contribution >= 4 is 17.0 Å². The number of hydrogen-bond donors (Lipinski definition) is 2. The van der Waals surface area contributed by atoms with E-state index in [0.717, 1.165) is 19.6 Å². The molecular weight excluding hydrogens is 252 g/mol. The van der Waals surface area contributed by atoms with Gasteiger partial charge in [-0.05, 0) is 49.1 Å². The third-order valence-corrected chi connectivity index (χ3v) is 4.53. The van der Waals surface area contributed by atoms with Crippen molar-refractivity contribution in [3.63, 3.8) is 0 Å². The van der Waals surface area contributed by atoms with Crippen LogP contribution >= 0.6 is 11.3 Å². The topological polar surface area (TPSA) is 24.1 Å². The molecule has 1 aromatic heterocycles. The van der Waals surface area contributed by atoms with Crippen LogP contribution in [-0.2, 0) is 19.5 Å². The van der Waals surface area contributed by atoms with Crippen LogP contribution in [0.2, 0.25) is 0 Å². The number of aryl methyl sites for hydroxylation is 2. The molecule has 19 heavy (non-hydrogen) atoms. The van der Waals surface area contributed by atoms with Crippen molar-refractivity contribution in [2.75, 3.05) is 11.9 Å². The summed E-state index contributed by atoms with van der Waals surface area (Å²) in [4.78, 5) is 2.80. The van der Waals surface area contributed by atoms with Gasteiger partial charge in [0.15, 0.2) is 0 Å². The third-order valence-electron chi connectivity index (χ3n) is 3.53. The van der Waals surface area contributed by atoms with Gasteiger partial charge in [0.05, 0.1) is 0 Å². The van der Waals surface area contributed by atoms with Gasteiger partial charge >= 0.3 is 0 Å². The van der Waals surface area contributed by atoms with Crippen molar-refractivity contribution in [3.05, 3.63) is 51.2 Å². The highest BCUT2D eigenvalue weighted by Gasteiger charge is 2.08. The second kappa shape index (κ2) is 5.76. The summed E-state index contributed by atoms with van der Waals surface area (Å²) in [5.41, 5.74) is 4.18. The van der Waals surface area contributed by atoms with E-state index in [1.54, 1.807) is 0 Å². The highest BCUT2D eigenvalue weighted by Crippen LogP contribution is 2.23. The first kappa shape index (κ1) is 12.7. The molecule has 2 nitrogen and oxygen atoms in total. The first-order valence-corrected chi connectivity index (χ1v) is 7.74. The quantitative estimate of drug-likeness (QED) is 0.886. The van der Waals surface area contributed by atoms with Crippen molar-refractivity contribution in [2.45, 2.75) is 32.9 Å². The van der Waals surface area contributed by atoms with E-state index in [0.29, 0.717) is 0 Å². The highest BCUT2D eigenvalue weighted by molar-refractivity contribution is 7.11. The second-order valence-corrected chi connectivity index (χ2v) is 6.51. The molecule has 1 aliphatic rings. The fraction of sp³-hybridized carbons (Fsp3) is 0.375. The van der Waals surface area contributed by atoms with Crippen molar-refractivity contribution in [1.82, 2.24) is 5.32 Å². The Kier molecular flexibility index (Phi) is 3.85. The normalized spacial score (nSPS) is 13.9. The smallest absolute Gasteiger partial charge is 0.0372 e. The van der Waals surface area contributed by atoms with E-state index in [9.17, 15) is 0 Å². The lowest BCUT2D eigenvalue weighted by Crippen LogP contribution is -2.14. The van der Waals surface area contributed by atoms with E-state index < -0.39 is 0 Å². The maximum atomic E-state index is 3.53. The summed E-state index contributed by atoms with van der Waals surface area (Å²) in [5.74, 6) is 0. The van der Waals surface area contributed by atoms with Crippen molar-refractivity contribution in [2.24, 2.45) is 0 Å². The van der Waals surface area contributed by atoms with Gasteiger partial charge in [-0.15, -0.1) is 11.3 Å². The number of anilines is 1. The number of nitrogens with one attached hydrogen (secondary N) is 2. The molecule has 0 amide bonds. The lowest BCUT2D eigenvalue weighted by Gasteiger charge is -2.18. The molecule has 0 atom stereocenters. The van der Waals surface area contributed by atoms with Gasteiger partial charge in [0.1, 0.15) is 0 Å². The number of thiophene rings is 1. The molecule has 2 aromatic rings. The average Bonchev–Trinajstić information content (AvgIpc) is 2.84. The zero-order valence-electron chi connectivity index (χ0n) is 11.3. The van der Waals surface area contributed by atoms with Crippen LogP contribution in [-0.4, -0.2) is 6.54 Å². The molecule has 2 heterocycles. The molecule has 0 unspecified atom stereocenters. The van der Waals surface area contributed by atoms with Gasteiger partial charge in [0, 0.05) is 35.1 Å². The first-order valence-electron chi connectivity index (χ1n) is 6.93. The van der Waals surface area contributed by atoms with Crippen LogP contribution in [0.5, 0.6) is 0 Å². The minimum atomic E-state index is 0.949. The van der Waals surface area contributed by atoms with E-state index in [1.165, 1.54) is 39.4 Å². The number of fused-ring (bicyclic) bond motifs is 1. The lowest BCUT2D eigenvalue weighted by atomic mass is 10.0. The van der Waals surface area contributed by atoms with Crippen molar-refractivity contribution < 1.29 is 0 Å². The Morgan fingerprint density at radius 1 is 1.21 bits per heavy atom. The Morgan fingerprint density at radius 2 is 2.16 bits per heavy atom. The molecule has 1 aromatic carbocycles. The van der Waals surface area contributed by atoms with Crippen LogP contribution < -0.4 is 10.6 Å². The van der Waals surface area contributed by atoms with Gasteiger partial charge in [0.2, 0.25) is 0 Å². The monoisotopic (exact) mass is 272 g/mol. The van der Waals surface area contributed by atoms with Gasteiger partial charge in [0.25, 0.3) is 0 Å². The summed E-state index contributed by atoms with van der Waals surface area (Å²) in [7, 11) is 0. The molecular formula is C16H20N2S. The molecule has 0 spiro atoms. The van der Waals surface area contributed by atoms with E-state index >= 15 is 0 Å². The zero-order valence-corrected chi connectivity index (χ0v) is 12.1. The molecule has 0 bridgehead atoms. The Morgan fingerprint density at radius 3 is 3.00 bits per heavy atom. The number of benzene rings is 1. The van der Waals surface area contributed by atoms with Crippen LogP contribution in [0.25, 0.3) is 0 Å². The summed E-state index contributed by atoms with van der Waals surface area (Å²) < 4.78 is 0. The van der Waals surface area contributed by atoms with Gasteiger partial charge in [-0.3, -0.25) is 0 Å². The van der Waals surface area contributed by atoms with Crippen LogP contribution in [0.1, 0.15) is 27.3 Å². The van der Waals surface area contributed by atoms with Crippen LogP contribution in [0, 0.1) is 6.92 Å². The largest absolute Gasteiger partial charge is 0.385 e. The minimum Gasteiger partial charge on any atom is -0.385 e. The molecule has 1 aliphatic heterocycles. The Balaban J connectivity index is 1.58. The summed E-state index contributed by atoms with van der Waals surface area (Å²) >= 11 is 1.87. The highest BCUT2D eigenvalue weighted by atomic mass is 32.1. The fourth-order valence-electron chi connectivity index (χ4n) is 2.55. The maximum absolute atomic E-state index is 3.53. The summed E-state index contributed by atoms with van der Waals surface area (Å²) in [5, 5.41) is 6.98. The van der Waals surface area contributed by atoms with Crippen molar-refractivity contribution in [1.29, 1.82) is 0 Å². The van der Waals surface area contributed by atoms with Gasteiger partial charge in [-0.1, -0.05) is 12.1 Å². The minimum absolute atomic E-state index is 0.949. The fourth-order valence-corrected chi connectivity index (χ4v) is 3.41. The van der Waals surface area contributed by atoms with Crippen LogP contribution in [0.3, 0.4) is 0 Å². The SMILES string of the molecule is Cc1ccc(CNCc2ccc3c(c2)CCCN3)s1. The maximum Gasteiger partial charge on any atom is 0.0372 e. The Bertz CT molecular complexity index is 560. The molecule has 3 heteroatoms. The summed E-state index contributed by atoms with van der Waals surface area (Å²) in [6.45, 7) is 5.19. The van der Waals surface area contributed by atoms with Crippen LogP contribution in [0.15, 0.2) is 30.3 Å². The van der Waals surface area contributed by atoms with E-state index in [4.69, 9.17) is 0 Å². The molecule has 0 aliphatic carbocycles. The lowest BCUT2D eigenvalue weighted by molar-refractivity contribution is 0.699. The average molecular weight is 272 g/mol. The summed E-state index contributed by atoms with van der Waals surface area (Å²) in [6, 6.07) is 11.2. The molecule has 0 saturated heterocycles. The molecule has 0 saturated carbocycles. The van der Waals surface area contributed by atoms with Gasteiger partial charge in [-0.25, -0.2) is 0 Å². The number of hydrogen-bond acceptors (Lipinski definition) is 3. The summed E-state index contributed by atoms with van der Waals surface area (Å²) in [6.07, 6.45) is 2.46. The molecule has 0 fully saturated rings.